The van der Waals surface area contributed by atoms with Gasteiger partial charge in [0.1, 0.15) is 0 Å². The number of benzene rings is 1. The summed E-state index contributed by atoms with van der Waals surface area (Å²) in [6, 6.07) is 9.93. The number of carbonyl (C=O) groups is 1. The van der Waals surface area contributed by atoms with Crippen LogP contribution in [-0.2, 0) is 21.3 Å². The second-order valence-corrected chi connectivity index (χ2v) is 7.20. The molecule has 0 bridgehead atoms. The number of amides is 1. The quantitative estimate of drug-likeness (QED) is 0.823. The van der Waals surface area contributed by atoms with Crippen LogP contribution in [0.2, 0.25) is 0 Å². The largest absolute Gasteiger partial charge is 0.349 e. The van der Waals surface area contributed by atoms with E-state index in [-0.39, 0.29) is 5.91 Å². The van der Waals surface area contributed by atoms with Crippen molar-refractivity contribution in [3.63, 3.8) is 0 Å². The second kappa shape index (κ2) is 7.49. The molecule has 1 aromatic heterocycles. The standard InChI is InChI=1S/C17H22N2O2S/c1-13-11-14(15-7-4-5-8-16(15)18-13)12-22(21)10-6-9-17(20)19(2)3/h4-5,7-8,11H,6,9-10,12H2,1-3H3/t22-/m0/s1. The smallest absolute Gasteiger partial charge is 0.222 e. The van der Waals surface area contributed by atoms with Gasteiger partial charge in [0.25, 0.3) is 0 Å². The number of hydrogen-bond acceptors (Lipinski definition) is 3. The molecule has 5 heteroatoms. The number of fused-ring (bicyclic) bond motifs is 1. The van der Waals surface area contributed by atoms with Gasteiger partial charge in [-0.1, -0.05) is 18.2 Å². The van der Waals surface area contributed by atoms with Crippen LogP contribution in [0.5, 0.6) is 0 Å². The van der Waals surface area contributed by atoms with Crippen molar-refractivity contribution in [3.05, 3.63) is 41.6 Å². The van der Waals surface area contributed by atoms with Crippen LogP contribution in [-0.4, -0.2) is 39.8 Å². The van der Waals surface area contributed by atoms with Gasteiger partial charge < -0.3 is 4.90 Å². The topological polar surface area (TPSA) is 50.3 Å². The van der Waals surface area contributed by atoms with Crippen LogP contribution in [0.15, 0.2) is 30.3 Å². The molecule has 0 aliphatic carbocycles. The first kappa shape index (κ1) is 16.6. The van der Waals surface area contributed by atoms with Gasteiger partial charge in [-0.3, -0.25) is 14.0 Å². The predicted molar refractivity (Wildman–Crippen MR) is 91.1 cm³/mol. The van der Waals surface area contributed by atoms with Crippen LogP contribution < -0.4 is 0 Å². The Balaban J connectivity index is 2.01. The van der Waals surface area contributed by atoms with Gasteiger partial charge in [0.05, 0.1) is 5.52 Å². The summed E-state index contributed by atoms with van der Waals surface area (Å²) >= 11 is 0. The molecule has 0 spiro atoms. The predicted octanol–water partition coefficient (Wildman–Crippen LogP) is 2.66. The number of carbonyl (C=O) groups excluding carboxylic acids is 1. The van der Waals surface area contributed by atoms with Crippen LogP contribution in [0.4, 0.5) is 0 Å². The van der Waals surface area contributed by atoms with E-state index in [0.29, 0.717) is 24.3 Å². The van der Waals surface area contributed by atoms with Gasteiger partial charge in [0.15, 0.2) is 0 Å². The molecule has 0 aliphatic heterocycles. The van der Waals surface area contributed by atoms with Crippen LogP contribution >= 0.6 is 0 Å². The highest BCUT2D eigenvalue weighted by atomic mass is 32.2. The fraction of sp³-hybridized carbons (Fsp3) is 0.412. The Bertz CT molecular complexity index is 698. The van der Waals surface area contributed by atoms with E-state index in [1.807, 2.05) is 37.3 Å². The highest BCUT2D eigenvalue weighted by Gasteiger charge is 2.09. The number of pyridine rings is 1. The molecule has 0 aliphatic rings. The van der Waals surface area contributed by atoms with Gasteiger partial charge in [-0.2, -0.15) is 0 Å². The minimum Gasteiger partial charge on any atom is -0.349 e. The van der Waals surface area contributed by atoms with Crippen molar-refractivity contribution in [1.82, 2.24) is 9.88 Å². The molecule has 1 aromatic carbocycles. The average Bonchev–Trinajstić information content (AvgIpc) is 2.46. The SMILES string of the molecule is Cc1cc(C[S@@](=O)CCCC(=O)N(C)C)c2ccccc2n1. The lowest BCUT2D eigenvalue weighted by Gasteiger charge is -2.10. The first-order chi connectivity index (χ1) is 10.5. The number of para-hydroxylation sites is 1. The van der Waals surface area contributed by atoms with E-state index in [2.05, 4.69) is 4.98 Å². The molecule has 2 aromatic rings. The third-order valence-electron chi connectivity index (χ3n) is 3.51. The molecule has 22 heavy (non-hydrogen) atoms. The molecule has 1 amide bonds. The Morgan fingerprint density at radius 1 is 1.27 bits per heavy atom. The molecule has 0 radical (unpaired) electrons. The lowest BCUT2D eigenvalue weighted by molar-refractivity contribution is -0.128. The Hall–Kier alpha value is -1.75. The van der Waals surface area contributed by atoms with Crippen molar-refractivity contribution in [2.45, 2.75) is 25.5 Å². The molecule has 0 saturated heterocycles. The molecule has 2 rings (SSSR count). The van der Waals surface area contributed by atoms with Crippen LogP contribution in [0.25, 0.3) is 10.9 Å². The van der Waals surface area contributed by atoms with Crippen LogP contribution in [0, 0.1) is 6.92 Å². The highest BCUT2D eigenvalue weighted by Crippen LogP contribution is 2.19. The average molecular weight is 318 g/mol. The van der Waals surface area contributed by atoms with Crippen LogP contribution in [0.3, 0.4) is 0 Å². The van der Waals surface area contributed by atoms with Crippen molar-refractivity contribution in [3.8, 4) is 0 Å². The Labute approximate surface area is 134 Å². The number of aromatic nitrogens is 1. The number of hydrogen-bond donors (Lipinski definition) is 0. The van der Waals surface area contributed by atoms with Gasteiger partial charge in [-0.25, -0.2) is 0 Å². The number of rotatable bonds is 6. The second-order valence-electron chi connectivity index (χ2n) is 5.62. The zero-order valence-electron chi connectivity index (χ0n) is 13.3. The molecule has 0 N–H and O–H groups in total. The zero-order chi connectivity index (χ0) is 16.1. The van der Waals surface area contributed by atoms with Gasteiger partial charge in [-0.05, 0) is 31.0 Å². The van der Waals surface area contributed by atoms with E-state index in [9.17, 15) is 9.00 Å². The van der Waals surface area contributed by atoms with E-state index >= 15 is 0 Å². The van der Waals surface area contributed by atoms with E-state index in [0.717, 1.165) is 22.2 Å². The summed E-state index contributed by atoms with van der Waals surface area (Å²) in [5, 5.41) is 1.06. The molecule has 1 atom stereocenters. The fourth-order valence-corrected chi connectivity index (χ4v) is 3.56. The molecule has 0 saturated carbocycles. The van der Waals surface area contributed by atoms with Crippen molar-refractivity contribution < 1.29 is 9.00 Å². The summed E-state index contributed by atoms with van der Waals surface area (Å²) in [6.45, 7) is 1.95. The van der Waals surface area contributed by atoms with Gasteiger partial charge in [0.2, 0.25) is 5.91 Å². The summed E-state index contributed by atoms with van der Waals surface area (Å²) in [6.07, 6.45) is 1.11. The summed E-state index contributed by atoms with van der Waals surface area (Å²) in [7, 11) is 2.52. The summed E-state index contributed by atoms with van der Waals surface area (Å²) < 4.78 is 12.3. The molecule has 118 valence electrons. The molecular formula is C17H22N2O2S. The maximum absolute atomic E-state index is 12.3. The summed E-state index contributed by atoms with van der Waals surface area (Å²) in [4.78, 5) is 17.6. The maximum Gasteiger partial charge on any atom is 0.222 e. The van der Waals surface area contributed by atoms with Crippen LogP contribution in [0.1, 0.15) is 24.1 Å². The van der Waals surface area contributed by atoms with E-state index in [1.54, 1.807) is 19.0 Å². The fourth-order valence-electron chi connectivity index (χ4n) is 2.37. The van der Waals surface area contributed by atoms with Crippen molar-refractivity contribution in [1.29, 1.82) is 0 Å². The minimum absolute atomic E-state index is 0.0854. The number of aryl methyl sites for hydroxylation is 1. The highest BCUT2D eigenvalue weighted by molar-refractivity contribution is 7.84. The van der Waals surface area contributed by atoms with Crippen molar-refractivity contribution in [2.24, 2.45) is 0 Å². The van der Waals surface area contributed by atoms with E-state index in [1.165, 1.54) is 0 Å². The van der Waals surface area contributed by atoms with Gasteiger partial charge >= 0.3 is 0 Å². The third kappa shape index (κ3) is 4.37. The molecule has 0 unspecified atom stereocenters. The Morgan fingerprint density at radius 3 is 2.73 bits per heavy atom. The lowest BCUT2D eigenvalue weighted by Crippen LogP contribution is -2.21. The Kier molecular flexibility index (Phi) is 5.66. The van der Waals surface area contributed by atoms with E-state index in [4.69, 9.17) is 0 Å². The normalized spacial score (nSPS) is 12.3. The monoisotopic (exact) mass is 318 g/mol. The van der Waals surface area contributed by atoms with Crippen molar-refractivity contribution in [2.75, 3.05) is 19.8 Å². The van der Waals surface area contributed by atoms with Gasteiger partial charge in [-0.15, -0.1) is 0 Å². The minimum atomic E-state index is -0.963. The lowest BCUT2D eigenvalue weighted by atomic mass is 10.1. The summed E-state index contributed by atoms with van der Waals surface area (Å²) in [5.74, 6) is 1.15. The Morgan fingerprint density at radius 2 is 2.00 bits per heavy atom. The molecule has 0 fully saturated rings. The zero-order valence-corrected chi connectivity index (χ0v) is 14.2. The first-order valence-corrected chi connectivity index (χ1v) is 8.86. The van der Waals surface area contributed by atoms with Gasteiger partial charge in [0, 0.05) is 53.9 Å². The maximum atomic E-state index is 12.3. The molecular weight excluding hydrogens is 296 g/mol. The summed E-state index contributed by atoms with van der Waals surface area (Å²) in [5.41, 5.74) is 2.95. The number of nitrogens with zero attached hydrogens (tertiary/aromatic N) is 2. The molecule has 1 heterocycles. The van der Waals surface area contributed by atoms with E-state index < -0.39 is 10.8 Å². The van der Waals surface area contributed by atoms with Crippen molar-refractivity contribution >= 4 is 27.6 Å². The first-order valence-electron chi connectivity index (χ1n) is 7.38. The third-order valence-corrected chi connectivity index (χ3v) is 4.88. The molecule has 4 nitrogen and oxygen atoms in total.